The molecular formula is C12H12N4OS. The zero-order valence-electron chi connectivity index (χ0n) is 9.67. The molecular weight excluding hydrogens is 248 g/mol. The number of anilines is 1. The lowest BCUT2D eigenvalue weighted by atomic mass is 9.87. The standard InChI is InChI=1S/C12H12N4OS/c17-11(16-12-14-3-4-18-12)8-1-2-10-9(5-8)6-13-7-15-10/h3-4,6-8H,1-2,5H2,(H,14,16,17). The SMILES string of the molecule is O=C(Nc1nccs1)C1CCc2ncncc2C1. The number of amides is 1. The number of aryl methyl sites for hydroxylation is 1. The highest BCUT2D eigenvalue weighted by atomic mass is 32.1. The molecule has 1 atom stereocenters. The second-order valence-electron chi connectivity index (χ2n) is 4.26. The summed E-state index contributed by atoms with van der Waals surface area (Å²) in [4.78, 5) is 24.4. The lowest BCUT2D eigenvalue weighted by molar-refractivity contribution is -0.120. The fourth-order valence-corrected chi connectivity index (χ4v) is 2.71. The topological polar surface area (TPSA) is 67.8 Å². The van der Waals surface area contributed by atoms with Gasteiger partial charge in [-0.2, -0.15) is 0 Å². The van der Waals surface area contributed by atoms with Crippen LogP contribution in [0.4, 0.5) is 5.13 Å². The van der Waals surface area contributed by atoms with Crippen molar-refractivity contribution in [2.24, 2.45) is 5.92 Å². The zero-order chi connectivity index (χ0) is 12.4. The number of hydrogen-bond acceptors (Lipinski definition) is 5. The van der Waals surface area contributed by atoms with Crippen LogP contribution in [0.1, 0.15) is 17.7 Å². The highest BCUT2D eigenvalue weighted by Crippen LogP contribution is 2.24. The number of hydrogen-bond donors (Lipinski definition) is 1. The largest absolute Gasteiger partial charge is 0.302 e. The maximum atomic E-state index is 12.1. The van der Waals surface area contributed by atoms with E-state index in [-0.39, 0.29) is 11.8 Å². The summed E-state index contributed by atoms with van der Waals surface area (Å²) < 4.78 is 0. The first-order valence-electron chi connectivity index (χ1n) is 5.81. The lowest BCUT2D eigenvalue weighted by Gasteiger charge is -2.21. The van der Waals surface area contributed by atoms with Crippen molar-refractivity contribution in [3.8, 4) is 0 Å². The molecule has 5 nitrogen and oxygen atoms in total. The van der Waals surface area contributed by atoms with Gasteiger partial charge in [0.1, 0.15) is 6.33 Å². The molecule has 1 aliphatic carbocycles. The van der Waals surface area contributed by atoms with Crippen LogP contribution in [0.2, 0.25) is 0 Å². The van der Waals surface area contributed by atoms with Gasteiger partial charge in [0.25, 0.3) is 0 Å². The Bertz CT molecular complexity index is 555. The van der Waals surface area contributed by atoms with Crippen molar-refractivity contribution >= 4 is 22.4 Å². The van der Waals surface area contributed by atoms with Crippen LogP contribution in [0.5, 0.6) is 0 Å². The smallest absolute Gasteiger partial charge is 0.229 e. The van der Waals surface area contributed by atoms with E-state index in [2.05, 4.69) is 20.3 Å². The molecule has 0 aromatic carbocycles. The lowest BCUT2D eigenvalue weighted by Crippen LogP contribution is -2.28. The van der Waals surface area contributed by atoms with Crippen LogP contribution in [-0.4, -0.2) is 20.9 Å². The van der Waals surface area contributed by atoms with Crippen LogP contribution < -0.4 is 5.32 Å². The molecule has 2 aromatic heterocycles. The molecule has 6 heteroatoms. The molecule has 2 aromatic rings. The van der Waals surface area contributed by atoms with Gasteiger partial charge in [-0.3, -0.25) is 4.79 Å². The first-order chi connectivity index (χ1) is 8.83. The molecule has 0 saturated carbocycles. The molecule has 2 heterocycles. The summed E-state index contributed by atoms with van der Waals surface area (Å²) in [5.74, 6) is 0.0341. The van der Waals surface area contributed by atoms with Gasteiger partial charge >= 0.3 is 0 Å². The monoisotopic (exact) mass is 260 g/mol. The van der Waals surface area contributed by atoms with Crippen LogP contribution in [0.25, 0.3) is 0 Å². The number of carbonyl (C=O) groups is 1. The van der Waals surface area contributed by atoms with Gasteiger partial charge in [-0.1, -0.05) is 0 Å². The van der Waals surface area contributed by atoms with E-state index in [0.717, 1.165) is 24.1 Å². The summed E-state index contributed by atoms with van der Waals surface area (Å²) in [5, 5.41) is 5.36. The number of nitrogens with zero attached hydrogens (tertiary/aromatic N) is 3. The molecule has 1 unspecified atom stereocenters. The first-order valence-corrected chi connectivity index (χ1v) is 6.69. The highest BCUT2D eigenvalue weighted by Gasteiger charge is 2.25. The molecule has 92 valence electrons. The van der Waals surface area contributed by atoms with Crippen molar-refractivity contribution in [2.75, 3.05) is 5.32 Å². The second kappa shape index (κ2) is 4.81. The van der Waals surface area contributed by atoms with E-state index >= 15 is 0 Å². The Morgan fingerprint density at radius 3 is 3.22 bits per heavy atom. The van der Waals surface area contributed by atoms with Crippen LogP contribution in [0.3, 0.4) is 0 Å². The molecule has 0 fully saturated rings. The Kier molecular flexibility index (Phi) is 3.02. The number of rotatable bonds is 2. The predicted molar refractivity (Wildman–Crippen MR) is 68.3 cm³/mol. The molecule has 0 bridgehead atoms. The molecule has 18 heavy (non-hydrogen) atoms. The van der Waals surface area contributed by atoms with Gasteiger partial charge < -0.3 is 5.32 Å². The van der Waals surface area contributed by atoms with Crippen LogP contribution in [0, 0.1) is 5.92 Å². The Labute approximate surface area is 108 Å². The number of nitrogens with one attached hydrogen (secondary N) is 1. The second-order valence-corrected chi connectivity index (χ2v) is 5.16. The molecule has 1 N–H and O–H groups in total. The minimum Gasteiger partial charge on any atom is -0.302 e. The Hall–Kier alpha value is -1.82. The fraction of sp³-hybridized carbons (Fsp3) is 0.333. The van der Waals surface area contributed by atoms with E-state index in [0.29, 0.717) is 11.6 Å². The van der Waals surface area contributed by atoms with Gasteiger partial charge in [-0.05, 0) is 24.8 Å². The maximum Gasteiger partial charge on any atom is 0.229 e. The Balaban J connectivity index is 1.70. The van der Waals surface area contributed by atoms with Gasteiger partial charge in [0.05, 0.1) is 0 Å². The minimum absolute atomic E-state index is 0.00704. The van der Waals surface area contributed by atoms with Gasteiger partial charge in [0.15, 0.2) is 5.13 Å². The maximum absolute atomic E-state index is 12.1. The van der Waals surface area contributed by atoms with Gasteiger partial charge in [0.2, 0.25) is 5.91 Å². The van der Waals surface area contributed by atoms with Crippen LogP contribution in [0.15, 0.2) is 24.1 Å². The molecule has 1 aliphatic rings. The number of fused-ring (bicyclic) bond motifs is 1. The van der Waals surface area contributed by atoms with Gasteiger partial charge in [-0.15, -0.1) is 11.3 Å². The Morgan fingerprint density at radius 1 is 1.44 bits per heavy atom. The number of thiazole rings is 1. The molecule has 0 saturated heterocycles. The molecule has 0 aliphatic heterocycles. The van der Waals surface area contributed by atoms with Gasteiger partial charge in [-0.25, -0.2) is 15.0 Å². The van der Waals surface area contributed by atoms with E-state index in [1.807, 2.05) is 11.6 Å². The summed E-state index contributed by atoms with van der Waals surface area (Å²) in [6.07, 6.45) is 7.45. The van der Waals surface area contributed by atoms with Crippen LogP contribution in [-0.2, 0) is 17.6 Å². The minimum atomic E-state index is -0.00704. The number of aromatic nitrogens is 3. The van der Waals surface area contributed by atoms with E-state index in [1.165, 1.54) is 11.3 Å². The van der Waals surface area contributed by atoms with Crippen molar-refractivity contribution in [3.63, 3.8) is 0 Å². The van der Waals surface area contributed by atoms with E-state index in [4.69, 9.17) is 0 Å². The molecule has 0 radical (unpaired) electrons. The summed E-state index contributed by atoms with van der Waals surface area (Å²) in [6.45, 7) is 0. The van der Waals surface area contributed by atoms with Gasteiger partial charge in [0, 0.05) is 29.4 Å². The molecule has 3 rings (SSSR count). The molecule has 1 amide bonds. The van der Waals surface area contributed by atoms with Crippen molar-refractivity contribution in [1.29, 1.82) is 0 Å². The highest BCUT2D eigenvalue weighted by molar-refractivity contribution is 7.13. The average Bonchev–Trinajstić information content (AvgIpc) is 2.91. The van der Waals surface area contributed by atoms with Crippen molar-refractivity contribution in [3.05, 3.63) is 35.4 Å². The summed E-state index contributed by atoms with van der Waals surface area (Å²) in [5.41, 5.74) is 2.16. The zero-order valence-corrected chi connectivity index (χ0v) is 10.5. The third-order valence-corrected chi connectivity index (χ3v) is 3.80. The van der Waals surface area contributed by atoms with Crippen molar-refractivity contribution in [2.45, 2.75) is 19.3 Å². The number of carbonyl (C=O) groups excluding carboxylic acids is 1. The summed E-state index contributed by atoms with van der Waals surface area (Å²) in [7, 11) is 0. The molecule has 0 spiro atoms. The third-order valence-electron chi connectivity index (χ3n) is 3.11. The average molecular weight is 260 g/mol. The van der Waals surface area contributed by atoms with Crippen molar-refractivity contribution in [1.82, 2.24) is 15.0 Å². The van der Waals surface area contributed by atoms with E-state index < -0.39 is 0 Å². The third kappa shape index (κ3) is 2.24. The predicted octanol–water partition coefficient (Wildman–Crippen LogP) is 1.68. The fourth-order valence-electron chi connectivity index (χ4n) is 2.17. The summed E-state index contributed by atoms with van der Waals surface area (Å²) in [6, 6.07) is 0. The quantitative estimate of drug-likeness (QED) is 0.892. The van der Waals surface area contributed by atoms with Crippen LogP contribution >= 0.6 is 11.3 Å². The van der Waals surface area contributed by atoms with E-state index in [9.17, 15) is 4.79 Å². The van der Waals surface area contributed by atoms with E-state index in [1.54, 1.807) is 12.5 Å². The summed E-state index contributed by atoms with van der Waals surface area (Å²) >= 11 is 1.43. The Morgan fingerprint density at radius 2 is 2.39 bits per heavy atom. The normalized spacial score (nSPS) is 18.1. The van der Waals surface area contributed by atoms with Crippen molar-refractivity contribution < 1.29 is 4.79 Å². The first kappa shape index (κ1) is 11.3.